The molecule has 0 atom stereocenters. The van der Waals surface area contributed by atoms with Crippen LogP contribution in [0.4, 0.5) is 0 Å². The van der Waals surface area contributed by atoms with Gasteiger partial charge in [-0.25, -0.2) is 9.78 Å². The largest absolute Gasteiger partial charge is 0.329 e. The number of halogens is 2. The van der Waals surface area contributed by atoms with Gasteiger partial charge in [0.25, 0.3) is 5.56 Å². The first kappa shape index (κ1) is 11.6. The van der Waals surface area contributed by atoms with Gasteiger partial charge in [-0.05, 0) is 15.9 Å². The van der Waals surface area contributed by atoms with Crippen LogP contribution in [0.2, 0.25) is 0 Å². The Morgan fingerprint density at radius 2 is 2.12 bits per heavy atom. The van der Waals surface area contributed by atoms with Gasteiger partial charge in [-0.1, -0.05) is 15.9 Å². The normalized spacial score (nSPS) is 11.2. The Hall–Kier alpha value is -0.890. The van der Waals surface area contributed by atoms with E-state index in [-0.39, 0.29) is 0 Å². The molecular weight excluding hydrogens is 344 g/mol. The molecule has 0 bridgehead atoms. The third kappa shape index (κ3) is 1.65. The number of rotatable bonds is 2. The summed E-state index contributed by atoms with van der Waals surface area (Å²) >= 11 is 6.56. The van der Waals surface area contributed by atoms with Gasteiger partial charge in [0, 0.05) is 18.9 Å². The van der Waals surface area contributed by atoms with Crippen molar-refractivity contribution in [1.29, 1.82) is 0 Å². The fourth-order valence-electron chi connectivity index (χ4n) is 1.50. The predicted molar refractivity (Wildman–Crippen MR) is 67.1 cm³/mol. The summed E-state index contributed by atoms with van der Waals surface area (Å²) in [6.07, 6.45) is 0. The quantitative estimate of drug-likeness (QED) is 0.635. The molecule has 8 heteroatoms. The highest BCUT2D eigenvalue weighted by molar-refractivity contribution is 9.10. The van der Waals surface area contributed by atoms with Gasteiger partial charge in [-0.2, -0.15) is 0 Å². The van der Waals surface area contributed by atoms with Crippen LogP contribution in [0, 0.1) is 0 Å². The van der Waals surface area contributed by atoms with E-state index in [1.54, 1.807) is 11.6 Å². The summed E-state index contributed by atoms with van der Waals surface area (Å²) < 4.78 is 3.56. The molecule has 0 amide bonds. The predicted octanol–water partition coefficient (Wildman–Crippen LogP) is 0.581. The lowest BCUT2D eigenvalue weighted by atomic mass is 10.5. The van der Waals surface area contributed by atoms with Crippen LogP contribution in [-0.4, -0.2) is 24.4 Å². The van der Waals surface area contributed by atoms with Gasteiger partial charge in [0.1, 0.15) is 0 Å². The number of alkyl halides is 1. The van der Waals surface area contributed by atoms with E-state index in [2.05, 4.69) is 41.8 Å². The Labute approximate surface area is 107 Å². The first-order chi connectivity index (χ1) is 7.56. The van der Waals surface area contributed by atoms with E-state index in [4.69, 9.17) is 0 Å². The number of aromatic amines is 1. The third-order valence-corrected chi connectivity index (χ3v) is 3.23. The maximum atomic E-state index is 11.7. The molecule has 0 aliphatic heterocycles. The number of aryl methyl sites for hydroxylation is 2. The van der Waals surface area contributed by atoms with E-state index < -0.39 is 11.2 Å². The third-order valence-electron chi connectivity index (χ3n) is 2.27. The van der Waals surface area contributed by atoms with Gasteiger partial charge in [-0.3, -0.25) is 14.3 Å². The molecule has 0 fully saturated rings. The monoisotopic (exact) mass is 350 g/mol. The molecule has 0 saturated carbocycles. The number of fused-ring (bicyclic) bond motifs is 1. The molecule has 0 aliphatic rings. The molecule has 0 spiro atoms. The van der Waals surface area contributed by atoms with Gasteiger partial charge in [0.15, 0.2) is 15.9 Å². The van der Waals surface area contributed by atoms with Crippen LogP contribution in [0.5, 0.6) is 0 Å². The maximum Gasteiger partial charge on any atom is 0.329 e. The van der Waals surface area contributed by atoms with Gasteiger partial charge in [0.05, 0.1) is 0 Å². The van der Waals surface area contributed by atoms with Crippen molar-refractivity contribution in [2.24, 2.45) is 7.05 Å². The summed E-state index contributed by atoms with van der Waals surface area (Å²) in [4.78, 5) is 29.5. The van der Waals surface area contributed by atoms with E-state index >= 15 is 0 Å². The molecule has 16 heavy (non-hydrogen) atoms. The summed E-state index contributed by atoms with van der Waals surface area (Å²) in [6, 6.07) is 0. The molecule has 0 unspecified atom stereocenters. The molecule has 1 N–H and O–H groups in total. The van der Waals surface area contributed by atoms with Crippen LogP contribution in [0.25, 0.3) is 11.2 Å². The summed E-state index contributed by atoms with van der Waals surface area (Å²) in [5.41, 5.74) is -0.110. The second kappa shape index (κ2) is 4.17. The molecule has 0 aromatic carbocycles. The van der Waals surface area contributed by atoms with Crippen molar-refractivity contribution in [3.05, 3.63) is 25.6 Å². The molecule has 2 rings (SSSR count). The standard InChI is InChI=1S/C8H8Br2N4O2/c1-13-5-4(6(15)12-8(13)16)14(3-2-9)7(10)11-5/h2-3H2,1H3,(H,12,15,16). The number of nitrogens with zero attached hydrogens (tertiary/aromatic N) is 3. The lowest BCUT2D eigenvalue weighted by molar-refractivity contribution is 0.771. The number of aromatic nitrogens is 4. The van der Waals surface area contributed by atoms with E-state index in [1.807, 2.05) is 0 Å². The molecule has 2 heterocycles. The van der Waals surface area contributed by atoms with Crippen molar-refractivity contribution >= 4 is 43.0 Å². The summed E-state index contributed by atoms with van der Waals surface area (Å²) in [5, 5.41) is 0.694. The first-order valence-electron chi connectivity index (χ1n) is 4.47. The topological polar surface area (TPSA) is 72.7 Å². The highest BCUT2D eigenvalue weighted by Crippen LogP contribution is 2.15. The number of hydrogen-bond donors (Lipinski definition) is 1. The van der Waals surface area contributed by atoms with Crippen LogP contribution < -0.4 is 11.2 Å². The minimum atomic E-state index is -0.464. The van der Waals surface area contributed by atoms with E-state index in [1.165, 1.54) is 4.57 Å². The summed E-state index contributed by atoms with van der Waals surface area (Å²) in [5.74, 6) is 0. The van der Waals surface area contributed by atoms with Crippen LogP contribution in [-0.2, 0) is 13.6 Å². The van der Waals surface area contributed by atoms with Crippen LogP contribution in [0.15, 0.2) is 14.3 Å². The molecule has 0 saturated heterocycles. The Kier molecular flexibility index (Phi) is 3.02. The molecular formula is C8H8Br2N4O2. The Morgan fingerprint density at radius 3 is 2.75 bits per heavy atom. The second-order valence-electron chi connectivity index (χ2n) is 3.21. The lowest BCUT2D eigenvalue weighted by Crippen LogP contribution is -2.29. The fourth-order valence-corrected chi connectivity index (χ4v) is 2.37. The molecule has 2 aromatic heterocycles. The number of nitrogens with one attached hydrogen (secondary N) is 1. The highest BCUT2D eigenvalue weighted by Gasteiger charge is 2.14. The number of hydrogen-bond acceptors (Lipinski definition) is 3. The van der Waals surface area contributed by atoms with E-state index in [0.29, 0.717) is 27.8 Å². The first-order valence-corrected chi connectivity index (χ1v) is 6.38. The Morgan fingerprint density at radius 1 is 1.44 bits per heavy atom. The minimum absolute atomic E-state index is 0.376. The maximum absolute atomic E-state index is 11.7. The zero-order valence-electron chi connectivity index (χ0n) is 8.33. The van der Waals surface area contributed by atoms with Gasteiger partial charge >= 0.3 is 5.69 Å². The summed E-state index contributed by atoms with van der Waals surface area (Å²) in [6.45, 7) is 0.596. The minimum Gasteiger partial charge on any atom is -0.312 e. The van der Waals surface area contributed by atoms with Gasteiger partial charge < -0.3 is 4.57 Å². The summed E-state index contributed by atoms with van der Waals surface area (Å²) in [7, 11) is 1.57. The average Bonchev–Trinajstić information content (AvgIpc) is 2.54. The van der Waals surface area contributed by atoms with E-state index in [9.17, 15) is 9.59 Å². The van der Waals surface area contributed by atoms with Crippen LogP contribution >= 0.6 is 31.9 Å². The van der Waals surface area contributed by atoms with Gasteiger partial charge in [0.2, 0.25) is 0 Å². The highest BCUT2D eigenvalue weighted by atomic mass is 79.9. The molecule has 0 radical (unpaired) electrons. The molecule has 6 nitrogen and oxygen atoms in total. The SMILES string of the molecule is Cn1c(=O)[nH]c(=O)c2c1nc(Br)n2CCBr. The zero-order chi connectivity index (χ0) is 11.9. The van der Waals surface area contributed by atoms with Crippen molar-refractivity contribution in [1.82, 2.24) is 19.1 Å². The van der Waals surface area contributed by atoms with Crippen molar-refractivity contribution in [3.63, 3.8) is 0 Å². The van der Waals surface area contributed by atoms with Crippen LogP contribution in [0.3, 0.4) is 0 Å². The number of imidazole rings is 1. The van der Waals surface area contributed by atoms with Crippen molar-refractivity contribution < 1.29 is 0 Å². The average molecular weight is 352 g/mol. The van der Waals surface area contributed by atoms with E-state index in [0.717, 1.165) is 0 Å². The molecule has 86 valence electrons. The Balaban J connectivity index is 2.95. The second-order valence-corrected chi connectivity index (χ2v) is 4.71. The zero-order valence-corrected chi connectivity index (χ0v) is 11.5. The van der Waals surface area contributed by atoms with Gasteiger partial charge in [-0.15, -0.1) is 0 Å². The Bertz CT molecular complexity index is 654. The van der Waals surface area contributed by atoms with Crippen molar-refractivity contribution in [2.45, 2.75) is 6.54 Å². The molecule has 2 aromatic rings. The lowest BCUT2D eigenvalue weighted by Gasteiger charge is -2.02. The van der Waals surface area contributed by atoms with Crippen LogP contribution in [0.1, 0.15) is 0 Å². The smallest absolute Gasteiger partial charge is 0.312 e. The number of H-pyrrole nitrogens is 1. The van der Waals surface area contributed by atoms with Crippen molar-refractivity contribution in [2.75, 3.05) is 5.33 Å². The van der Waals surface area contributed by atoms with Crippen molar-refractivity contribution in [3.8, 4) is 0 Å². The fraction of sp³-hybridized carbons (Fsp3) is 0.375. The molecule has 0 aliphatic carbocycles.